The van der Waals surface area contributed by atoms with Crippen molar-refractivity contribution in [1.82, 2.24) is 40.0 Å². The summed E-state index contributed by atoms with van der Waals surface area (Å²) in [6.07, 6.45) is 0. The monoisotopic (exact) mass is 1400 g/mol. The molecule has 3 atom stereocenters. The summed E-state index contributed by atoms with van der Waals surface area (Å²) >= 11 is 17.9. The lowest BCUT2D eigenvalue weighted by molar-refractivity contribution is 0.0592. The lowest BCUT2D eigenvalue weighted by Gasteiger charge is -2.20. The van der Waals surface area contributed by atoms with Gasteiger partial charge < -0.3 is 50.8 Å². The van der Waals surface area contributed by atoms with Crippen LogP contribution >= 0.6 is 47.2 Å². The molecule has 6 aromatic carbocycles. The molecular formula is C71H76Cl4N12O10. The van der Waals surface area contributed by atoms with E-state index in [0.29, 0.717) is 85.4 Å². The number of rotatable bonds is 17. The minimum Gasteiger partial charge on any atom is -0.478 e. The molecule has 0 aliphatic carbocycles. The summed E-state index contributed by atoms with van der Waals surface area (Å²) in [5.41, 5.74) is 16.4. The average Bonchev–Trinajstić information content (AvgIpc) is 1.64. The molecule has 6 N–H and O–H groups in total. The molecule has 0 bridgehead atoms. The van der Waals surface area contributed by atoms with Crippen molar-refractivity contribution in [2.45, 2.75) is 98.9 Å². The summed E-state index contributed by atoms with van der Waals surface area (Å²) in [6, 6.07) is 43.1. The Labute approximate surface area is 583 Å². The van der Waals surface area contributed by atoms with Gasteiger partial charge in [-0.1, -0.05) is 108 Å². The summed E-state index contributed by atoms with van der Waals surface area (Å²) in [5, 5.41) is 40.0. The maximum atomic E-state index is 13.3. The molecule has 2 amide bonds. The SMILES string of the molecule is COC(=O)c1ccc([C@H](C)N)cc1.COC(=O)c1ccc([C@H](C)NC(=O)c2c(C)nn3c2N(Cc2ccc(Cl)cc2)CC3)cc1.Cc1nn2c(c1C(=O)N[C@@H](C)c1ccc(C(=O)O)cc1)N(Cc1ccc(Cl)cc1)CC2.Cc1nn2c(c1C(=O)O)N(Cc1ccc(Cl)cc1)CC2.Cl. The number of aromatic nitrogens is 6. The Balaban J connectivity index is 0.000000173. The first-order valence-corrected chi connectivity index (χ1v) is 32.1. The number of hydrogen-bond acceptors (Lipinski definition) is 15. The highest BCUT2D eigenvalue weighted by Crippen LogP contribution is 2.34. The molecule has 6 heterocycles. The minimum absolute atomic E-state index is 0. The van der Waals surface area contributed by atoms with Crippen LogP contribution in [0.5, 0.6) is 0 Å². The standard InChI is InChI=1S/C24H25ClN4O3.C23H23ClN4O3.C14H14ClN3O2.C10H13NO2.ClH/c1-15(18-6-8-19(9-7-18)24(31)32-3)26-22(30)21-16(2)27-29-13-12-28(23(21)29)14-17-4-10-20(25)11-5-17;1-14(17-5-7-18(8-6-17)23(30)31)25-21(29)20-15(2)26-28-12-11-27(22(20)28)13-16-3-9-19(24)10-4-16;1-9-12(14(19)20)13-17(6-7-18(13)16-9)8-10-2-4-11(15)5-3-10;1-7(11)8-3-5-9(6-4-8)10(12)13-2;/h4-11,15H,12-14H2,1-3H3,(H,26,30);3-10,14H,11-13H2,1-2H3,(H,25,29)(H,30,31);2-5H,6-8H2,1H3,(H,19,20);3-7H,11H2,1-2H3;1H/t15-;14-;;7-;/m00.0./s1. The molecule has 3 aromatic heterocycles. The summed E-state index contributed by atoms with van der Waals surface area (Å²) < 4.78 is 14.9. The molecule has 0 fully saturated rings. The van der Waals surface area contributed by atoms with Crippen molar-refractivity contribution in [3.05, 3.63) is 245 Å². The molecule has 3 aliphatic rings. The molecule has 12 rings (SSSR count). The Kier molecular flexibility index (Phi) is 24.7. The summed E-state index contributed by atoms with van der Waals surface area (Å²) in [7, 11) is 2.71. The fraction of sp³-hybridized carbons (Fsp3) is 0.282. The molecule has 0 radical (unpaired) electrons. The number of nitrogens with one attached hydrogen (secondary N) is 2. The zero-order chi connectivity index (χ0) is 69.1. The van der Waals surface area contributed by atoms with E-state index in [2.05, 4.69) is 40.5 Å². The van der Waals surface area contributed by atoms with Gasteiger partial charge in [-0.25, -0.2) is 33.2 Å². The van der Waals surface area contributed by atoms with Gasteiger partial charge in [-0.2, -0.15) is 15.3 Å². The number of ether oxygens (including phenoxy) is 2. The van der Waals surface area contributed by atoms with Gasteiger partial charge in [0.05, 0.1) is 79.7 Å². The largest absolute Gasteiger partial charge is 0.478 e. The second-order valence-electron chi connectivity index (χ2n) is 23.3. The first-order chi connectivity index (χ1) is 45.9. The van der Waals surface area contributed by atoms with E-state index in [1.807, 2.05) is 146 Å². The number of carboxylic acids is 2. The van der Waals surface area contributed by atoms with Crippen LogP contribution in [0.2, 0.25) is 15.1 Å². The highest BCUT2D eigenvalue weighted by molar-refractivity contribution is 6.31. The zero-order valence-electron chi connectivity index (χ0n) is 54.8. The van der Waals surface area contributed by atoms with Crippen molar-refractivity contribution in [2.24, 2.45) is 5.73 Å². The summed E-state index contributed by atoms with van der Waals surface area (Å²) in [5.74, 6) is -0.627. The number of nitrogens with two attached hydrogens (primary N) is 1. The minimum atomic E-state index is -0.977. The number of methoxy groups -OCH3 is 2. The third-order valence-corrected chi connectivity index (χ3v) is 17.3. The fourth-order valence-corrected chi connectivity index (χ4v) is 11.8. The Morgan fingerprint density at radius 1 is 0.443 bits per heavy atom. The van der Waals surface area contributed by atoms with Gasteiger partial charge in [0.25, 0.3) is 11.8 Å². The quantitative estimate of drug-likeness (QED) is 0.0530. The third kappa shape index (κ3) is 17.9. The van der Waals surface area contributed by atoms with Crippen molar-refractivity contribution >= 4 is 100 Å². The number of nitrogens with zero attached hydrogens (tertiary/aromatic N) is 9. The van der Waals surface area contributed by atoms with Crippen molar-refractivity contribution in [3.8, 4) is 0 Å². The molecular weight excluding hydrogens is 1320 g/mol. The maximum absolute atomic E-state index is 13.3. The van der Waals surface area contributed by atoms with E-state index >= 15 is 0 Å². The number of carboxylic acid groups (broad SMARTS) is 2. The number of carbonyl (C=O) groups is 6. The number of hydrogen-bond donors (Lipinski definition) is 5. The van der Waals surface area contributed by atoms with E-state index in [0.717, 1.165) is 84.3 Å². The number of aromatic carboxylic acids is 2. The van der Waals surface area contributed by atoms with Crippen LogP contribution < -0.4 is 31.1 Å². The van der Waals surface area contributed by atoms with Crippen LogP contribution in [0.15, 0.2) is 146 Å². The third-order valence-electron chi connectivity index (χ3n) is 16.5. The van der Waals surface area contributed by atoms with Crippen LogP contribution in [-0.4, -0.2) is 109 Å². The van der Waals surface area contributed by atoms with Crippen LogP contribution in [0, 0.1) is 20.8 Å². The van der Waals surface area contributed by atoms with Crippen LogP contribution in [-0.2, 0) is 48.7 Å². The van der Waals surface area contributed by atoms with E-state index in [4.69, 9.17) is 50.4 Å². The van der Waals surface area contributed by atoms with Crippen molar-refractivity contribution in [2.75, 3.05) is 48.6 Å². The Morgan fingerprint density at radius 2 is 0.732 bits per heavy atom. The molecule has 26 heteroatoms. The Bertz CT molecular complexity index is 4260. The van der Waals surface area contributed by atoms with Crippen LogP contribution in [0.1, 0.15) is 152 Å². The van der Waals surface area contributed by atoms with Crippen LogP contribution in [0.25, 0.3) is 0 Å². The van der Waals surface area contributed by atoms with Gasteiger partial charge in [0.15, 0.2) is 0 Å². The first kappa shape index (κ1) is 73.1. The number of aryl methyl sites for hydroxylation is 3. The van der Waals surface area contributed by atoms with Gasteiger partial charge in [-0.15, -0.1) is 12.4 Å². The van der Waals surface area contributed by atoms with Crippen LogP contribution in [0.4, 0.5) is 17.5 Å². The van der Waals surface area contributed by atoms with Gasteiger partial charge in [0, 0.05) is 60.4 Å². The molecule has 9 aromatic rings. The first-order valence-electron chi connectivity index (χ1n) is 30.9. The summed E-state index contributed by atoms with van der Waals surface area (Å²) in [6.45, 7) is 17.6. The fourth-order valence-electron chi connectivity index (χ4n) is 11.5. The second kappa shape index (κ2) is 32.8. The van der Waals surface area contributed by atoms with E-state index in [9.17, 15) is 33.9 Å². The Hall–Kier alpha value is -9.71. The Morgan fingerprint density at radius 3 is 1.02 bits per heavy atom. The van der Waals surface area contributed by atoms with Gasteiger partial charge in [0.1, 0.15) is 34.1 Å². The van der Waals surface area contributed by atoms with E-state index < -0.39 is 11.9 Å². The molecule has 0 unspecified atom stereocenters. The van der Waals surface area contributed by atoms with E-state index in [1.165, 1.54) is 26.4 Å². The highest BCUT2D eigenvalue weighted by atomic mass is 35.5. The molecule has 22 nitrogen and oxygen atoms in total. The normalized spacial score (nSPS) is 13.3. The highest BCUT2D eigenvalue weighted by Gasteiger charge is 2.34. The molecule has 3 aliphatic heterocycles. The predicted octanol–water partition coefficient (Wildman–Crippen LogP) is 12.7. The van der Waals surface area contributed by atoms with E-state index in [1.54, 1.807) is 48.0 Å². The smallest absolute Gasteiger partial charge is 0.341 e. The number of amides is 2. The lowest BCUT2D eigenvalue weighted by Crippen LogP contribution is -2.29. The number of esters is 2. The number of halogens is 4. The van der Waals surface area contributed by atoms with Gasteiger partial charge in [-0.3, -0.25) is 9.59 Å². The zero-order valence-corrected chi connectivity index (χ0v) is 57.8. The number of anilines is 3. The van der Waals surface area contributed by atoms with Crippen molar-refractivity contribution in [1.29, 1.82) is 0 Å². The van der Waals surface area contributed by atoms with Gasteiger partial charge in [0.2, 0.25) is 0 Å². The topological polar surface area (TPSA) is 275 Å². The molecule has 97 heavy (non-hydrogen) atoms. The molecule has 0 saturated carbocycles. The maximum Gasteiger partial charge on any atom is 0.341 e. The van der Waals surface area contributed by atoms with Crippen LogP contribution in [0.3, 0.4) is 0 Å². The van der Waals surface area contributed by atoms with Crippen molar-refractivity contribution in [3.63, 3.8) is 0 Å². The molecule has 0 spiro atoms. The van der Waals surface area contributed by atoms with E-state index in [-0.39, 0.29) is 59.8 Å². The predicted molar refractivity (Wildman–Crippen MR) is 376 cm³/mol. The number of fused-ring (bicyclic) bond motifs is 3. The average molecular weight is 1400 g/mol. The number of benzene rings is 6. The molecule has 508 valence electrons. The summed E-state index contributed by atoms with van der Waals surface area (Å²) in [4.78, 5) is 77.9. The molecule has 0 saturated heterocycles. The number of carbonyl (C=O) groups excluding carboxylic acids is 4. The lowest BCUT2D eigenvalue weighted by atomic mass is 10.1. The van der Waals surface area contributed by atoms with Gasteiger partial charge in [-0.05, 0) is 148 Å². The van der Waals surface area contributed by atoms with Crippen molar-refractivity contribution < 1.29 is 48.5 Å². The van der Waals surface area contributed by atoms with Gasteiger partial charge >= 0.3 is 23.9 Å². The second-order valence-corrected chi connectivity index (χ2v) is 24.6.